The largest absolute Gasteiger partial charge is 0.462 e. The number of amidine groups is 1. The van der Waals surface area contributed by atoms with Crippen LogP contribution in [0.5, 0.6) is 0 Å². The van der Waals surface area contributed by atoms with Crippen LogP contribution in [0, 0.1) is 0 Å². The van der Waals surface area contributed by atoms with Crippen LogP contribution in [-0.4, -0.2) is 12.6 Å². The van der Waals surface area contributed by atoms with Gasteiger partial charge in [0.25, 0.3) is 6.02 Å². The van der Waals surface area contributed by atoms with Gasteiger partial charge in [0, 0.05) is 4.47 Å². The fourth-order valence-electron chi connectivity index (χ4n) is 1.48. The summed E-state index contributed by atoms with van der Waals surface area (Å²) in [5.74, 6) is 0. The van der Waals surface area contributed by atoms with E-state index in [0.717, 1.165) is 10.0 Å². The van der Waals surface area contributed by atoms with Crippen molar-refractivity contribution in [3.8, 4) is 0 Å². The molecule has 1 aliphatic rings. The molecule has 0 spiro atoms. The van der Waals surface area contributed by atoms with Crippen molar-refractivity contribution in [3.63, 3.8) is 0 Å². The zero-order valence-corrected chi connectivity index (χ0v) is 9.41. The summed E-state index contributed by atoms with van der Waals surface area (Å²) >= 11 is 3.39. The average molecular weight is 255 g/mol. The standard InChI is InChI=1S/C10H11BrN2O/c1-10(6-14-9(12)13-10)7-2-4-8(11)5-3-7/h2-5H,6H2,1H3,(H2,12,13). The summed E-state index contributed by atoms with van der Waals surface area (Å²) < 4.78 is 6.23. The number of ether oxygens (including phenoxy) is 1. The maximum Gasteiger partial charge on any atom is 0.283 e. The van der Waals surface area contributed by atoms with Crippen molar-refractivity contribution in [1.29, 1.82) is 0 Å². The number of rotatable bonds is 1. The van der Waals surface area contributed by atoms with Gasteiger partial charge in [-0.2, -0.15) is 0 Å². The molecule has 0 amide bonds. The Labute approximate surface area is 91.1 Å². The summed E-state index contributed by atoms with van der Waals surface area (Å²) in [5.41, 5.74) is 6.28. The fraction of sp³-hybridized carbons (Fsp3) is 0.300. The van der Waals surface area contributed by atoms with E-state index in [1.807, 2.05) is 31.2 Å². The maximum atomic E-state index is 5.50. The number of halogens is 1. The molecular formula is C10H11BrN2O. The first-order valence-electron chi connectivity index (χ1n) is 4.34. The molecule has 0 saturated heterocycles. The third-order valence-corrected chi connectivity index (χ3v) is 2.85. The SMILES string of the molecule is CC1(c2ccc(Br)cc2)COC(N)=N1. The number of nitrogens with two attached hydrogens (primary N) is 1. The van der Waals surface area contributed by atoms with Crippen molar-refractivity contribution in [1.82, 2.24) is 0 Å². The molecule has 3 nitrogen and oxygen atoms in total. The van der Waals surface area contributed by atoms with Gasteiger partial charge in [0.2, 0.25) is 0 Å². The molecule has 1 aromatic rings. The predicted molar refractivity (Wildman–Crippen MR) is 59.1 cm³/mol. The number of nitrogens with zero attached hydrogens (tertiary/aromatic N) is 1. The summed E-state index contributed by atoms with van der Waals surface area (Å²) in [4.78, 5) is 4.28. The molecule has 0 aromatic heterocycles. The predicted octanol–water partition coefficient (Wildman–Crippen LogP) is 2.01. The van der Waals surface area contributed by atoms with Crippen LogP contribution in [0.2, 0.25) is 0 Å². The quantitative estimate of drug-likeness (QED) is 0.834. The van der Waals surface area contributed by atoms with Gasteiger partial charge in [0.05, 0.1) is 0 Å². The number of hydrogen-bond acceptors (Lipinski definition) is 3. The first kappa shape index (κ1) is 9.52. The van der Waals surface area contributed by atoms with Crippen LogP contribution < -0.4 is 5.73 Å². The molecule has 1 aromatic carbocycles. The molecule has 1 heterocycles. The minimum absolute atomic E-state index is 0.274. The highest BCUT2D eigenvalue weighted by Gasteiger charge is 2.32. The molecule has 2 N–H and O–H groups in total. The van der Waals surface area contributed by atoms with Crippen LogP contribution in [0.25, 0.3) is 0 Å². The molecule has 1 unspecified atom stereocenters. The van der Waals surface area contributed by atoms with Gasteiger partial charge in [0.15, 0.2) is 0 Å². The van der Waals surface area contributed by atoms with E-state index in [1.165, 1.54) is 0 Å². The van der Waals surface area contributed by atoms with Gasteiger partial charge in [-0.15, -0.1) is 0 Å². The lowest BCUT2D eigenvalue weighted by atomic mass is 9.94. The van der Waals surface area contributed by atoms with Crippen molar-refractivity contribution in [2.45, 2.75) is 12.5 Å². The molecule has 1 atom stereocenters. The summed E-state index contributed by atoms with van der Waals surface area (Å²) in [6, 6.07) is 8.30. The molecule has 0 fully saturated rings. The van der Waals surface area contributed by atoms with E-state index >= 15 is 0 Å². The first-order valence-corrected chi connectivity index (χ1v) is 5.14. The monoisotopic (exact) mass is 254 g/mol. The van der Waals surface area contributed by atoms with E-state index in [4.69, 9.17) is 10.5 Å². The molecule has 0 aliphatic carbocycles. The minimum Gasteiger partial charge on any atom is -0.462 e. The molecule has 0 radical (unpaired) electrons. The zero-order chi connectivity index (χ0) is 10.2. The van der Waals surface area contributed by atoms with Crippen molar-refractivity contribution in [2.24, 2.45) is 10.7 Å². The van der Waals surface area contributed by atoms with Gasteiger partial charge in [-0.1, -0.05) is 28.1 Å². The van der Waals surface area contributed by atoms with Crippen molar-refractivity contribution in [2.75, 3.05) is 6.61 Å². The Bertz CT molecular complexity index is 374. The molecule has 74 valence electrons. The van der Waals surface area contributed by atoms with Crippen LogP contribution in [-0.2, 0) is 10.3 Å². The van der Waals surface area contributed by atoms with Crippen molar-refractivity contribution < 1.29 is 4.74 Å². The lowest BCUT2D eigenvalue weighted by Gasteiger charge is -2.18. The van der Waals surface area contributed by atoms with E-state index in [-0.39, 0.29) is 11.6 Å². The van der Waals surface area contributed by atoms with E-state index in [2.05, 4.69) is 20.9 Å². The van der Waals surface area contributed by atoms with Crippen LogP contribution in [0.3, 0.4) is 0 Å². The number of aliphatic imine (C=N–C) groups is 1. The second kappa shape index (κ2) is 3.28. The first-order chi connectivity index (χ1) is 6.60. The Balaban J connectivity index is 2.35. The van der Waals surface area contributed by atoms with Gasteiger partial charge >= 0.3 is 0 Å². The Kier molecular flexibility index (Phi) is 2.23. The van der Waals surface area contributed by atoms with Gasteiger partial charge < -0.3 is 10.5 Å². The van der Waals surface area contributed by atoms with E-state index < -0.39 is 0 Å². The van der Waals surface area contributed by atoms with Gasteiger partial charge in [-0.05, 0) is 24.6 Å². The Morgan fingerprint density at radius 3 is 2.57 bits per heavy atom. The summed E-state index contributed by atoms with van der Waals surface area (Å²) in [6.07, 6.45) is 0. The molecular weight excluding hydrogens is 244 g/mol. The molecule has 14 heavy (non-hydrogen) atoms. The summed E-state index contributed by atoms with van der Waals surface area (Å²) in [7, 11) is 0. The highest BCUT2D eigenvalue weighted by Crippen LogP contribution is 2.30. The third-order valence-electron chi connectivity index (χ3n) is 2.32. The molecule has 0 bridgehead atoms. The van der Waals surface area contributed by atoms with Gasteiger partial charge in [-0.3, -0.25) is 0 Å². The zero-order valence-electron chi connectivity index (χ0n) is 7.83. The Morgan fingerprint density at radius 2 is 2.07 bits per heavy atom. The second-order valence-corrected chi connectivity index (χ2v) is 4.44. The topological polar surface area (TPSA) is 47.6 Å². The smallest absolute Gasteiger partial charge is 0.283 e. The molecule has 1 aliphatic heterocycles. The van der Waals surface area contributed by atoms with Crippen LogP contribution >= 0.6 is 15.9 Å². The highest BCUT2D eigenvalue weighted by molar-refractivity contribution is 9.10. The lowest BCUT2D eigenvalue weighted by molar-refractivity contribution is 0.266. The van der Waals surface area contributed by atoms with E-state index in [0.29, 0.717) is 6.61 Å². The molecule has 0 saturated carbocycles. The van der Waals surface area contributed by atoms with Gasteiger partial charge in [0.1, 0.15) is 12.1 Å². The normalized spacial score (nSPS) is 25.7. The van der Waals surface area contributed by atoms with Crippen LogP contribution in [0.4, 0.5) is 0 Å². The fourth-order valence-corrected chi connectivity index (χ4v) is 1.74. The Morgan fingerprint density at radius 1 is 1.43 bits per heavy atom. The Hall–Kier alpha value is -1.03. The van der Waals surface area contributed by atoms with Crippen LogP contribution in [0.1, 0.15) is 12.5 Å². The van der Waals surface area contributed by atoms with E-state index in [9.17, 15) is 0 Å². The van der Waals surface area contributed by atoms with Gasteiger partial charge in [-0.25, -0.2) is 4.99 Å². The second-order valence-electron chi connectivity index (χ2n) is 3.52. The summed E-state index contributed by atoms with van der Waals surface area (Å²) in [5, 5.41) is 0. The molecule has 2 rings (SSSR count). The average Bonchev–Trinajstić information content (AvgIpc) is 2.48. The lowest BCUT2D eigenvalue weighted by Crippen LogP contribution is -2.20. The third kappa shape index (κ3) is 1.62. The molecule has 4 heteroatoms. The maximum absolute atomic E-state index is 5.50. The van der Waals surface area contributed by atoms with E-state index in [1.54, 1.807) is 0 Å². The number of benzene rings is 1. The number of hydrogen-bond donors (Lipinski definition) is 1. The highest BCUT2D eigenvalue weighted by atomic mass is 79.9. The minimum atomic E-state index is -0.329. The summed E-state index contributed by atoms with van der Waals surface area (Å²) in [6.45, 7) is 2.52. The van der Waals surface area contributed by atoms with Crippen LogP contribution in [0.15, 0.2) is 33.7 Å². The van der Waals surface area contributed by atoms with Crippen molar-refractivity contribution in [3.05, 3.63) is 34.3 Å². The van der Waals surface area contributed by atoms with Crippen molar-refractivity contribution >= 4 is 22.0 Å².